The van der Waals surface area contributed by atoms with Crippen LogP contribution < -0.4 is 5.32 Å². The van der Waals surface area contributed by atoms with E-state index < -0.39 is 0 Å². The highest BCUT2D eigenvalue weighted by Gasteiger charge is 2.11. The Balaban J connectivity index is 0.000000774. The van der Waals surface area contributed by atoms with Crippen LogP contribution in [0.3, 0.4) is 0 Å². The van der Waals surface area contributed by atoms with Crippen molar-refractivity contribution >= 4 is 33.1 Å². The first kappa shape index (κ1) is 15.3. The molecule has 0 fully saturated rings. The van der Waals surface area contributed by atoms with E-state index in [9.17, 15) is 4.79 Å². The van der Waals surface area contributed by atoms with Gasteiger partial charge in [0.1, 0.15) is 5.69 Å². The highest BCUT2D eigenvalue weighted by Crippen LogP contribution is 2.26. The van der Waals surface area contributed by atoms with E-state index in [1.807, 2.05) is 51.1 Å². The molecule has 0 aliphatic rings. The summed E-state index contributed by atoms with van der Waals surface area (Å²) < 4.78 is 1.12. The number of aromatic nitrogens is 1. The van der Waals surface area contributed by atoms with Crippen molar-refractivity contribution in [2.24, 2.45) is 0 Å². The van der Waals surface area contributed by atoms with Crippen LogP contribution >= 0.6 is 11.3 Å². The molecule has 0 unspecified atom stereocenters. The number of anilines is 1. The minimum Gasteiger partial charge on any atom is -0.350 e. The first-order chi connectivity index (χ1) is 10.1. The Morgan fingerprint density at radius 1 is 1.14 bits per heavy atom. The van der Waals surface area contributed by atoms with Crippen LogP contribution in [0.25, 0.3) is 10.2 Å². The summed E-state index contributed by atoms with van der Waals surface area (Å²) in [6.45, 7) is 8.04. The van der Waals surface area contributed by atoms with Crippen LogP contribution in [-0.4, -0.2) is 10.9 Å². The fourth-order valence-electron chi connectivity index (χ4n) is 2.07. The topological polar surface area (TPSA) is 44.9 Å². The summed E-state index contributed by atoms with van der Waals surface area (Å²) >= 11 is 1.69. The van der Waals surface area contributed by atoms with Crippen LogP contribution in [0.2, 0.25) is 0 Å². The van der Waals surface area contributed by atoms with Gasteiger partial charge in [-0.25, -0.2) is 0 Å². The number of carbonyl (C=O) groups excluding carboxylic acids is 1. The third-order valence-corrected chi connectivity index (χ3v) is 4.06. The Morgan fingerprint density at radius 3 is 2.52 bits per heavy atom. The molecule has 3 aromatic rings. The minimum atomic E-state index is -0.102. The van der Waals surface area contributed by atoms with Crippen molar-refractivity contribution < 1.29 is 4.79 Å². The number of thiophene rings is 1. The third kappa shape index (κ3) is 3.34. The number of carbonyl (C=O) groups is 1. The van der Waals surface area contributed by atoms with E-state index in [2.05, 4.69) is 23.3 Å². The van der Waals surface area contributed by atoms with E-state index in [-0.39, 0.29) is 5.91 Å². The van der Waals surface area contributed by atoms with Crippen molar-refractivity contribution in [1.82, 2.24) is 4.98 Å². The van der Waals surface area contributed by atoms with Gasteiger partial charge in [0.15, 0.2) is 0 Å². The maximum Gasteiger partial charge on any atom is 0.272 e. The SMILES string of the molecule is CC.Cc1cc2[nH]c(C(=O)Nc3ccccc3C)cc2s1. The van der Waals surface area contributed by atoms with Gasteiger partial charge in [-0.05, 0) is 37.6 Å². The highest BCUT2D eigenvalue weighted by atomic mass is 32.1. The number of benzene rings is 1. The summed E-state index contributed by atoms with van der Waals surface area (Å²) in [5.41, 5.74) is 3.53. The lowest BCUT2D eigenvalue weighted by molar-refractivity contribution is 0.102. The Labute approximate surface area is 129 Å². The number of hydrogen-bond donors (Lipinski definition) is 2. The largest absolute Gasteiger partial charge is 0.350 e. The second-order valence-electron chi connectivity index (χ2n) is 4.59. The number of aromatic amines is 1. The van der Waals surface area contributed by atoms with Crippen LogP contribution in [0.5, 0.6) is 0 Å². The van der Waals surface area contributed by atoms with Crippen LogP contribution in [0.4, 0.5) is 5.69 Å². The van der Waals surface area contributed by atoms with Gasteiger partial charge >= 0.3 is 0 Å². The summed E-state index contributed by atoms with van der Waals surface area (Å²) in [5.74, 6) is -0.102. The molecule has 3 nitrogen and oxygen atoms in total. The molecular formula is C17H20N2OS. The van der Waals surface area contributed by atoms with E-state index >= 15 is 0 Å². The van der Waals surface area contributed by atoms with Gasteiger partial charge in [0.25, 0.3) is 5.91 Å². The van der Waals surface area contributed by atoms with Crippen LogP contribution in [0, 0.1) is 13.8 Å². The summed E-state index contributed by atoms with van der Waals surface area (Å²) in [4.78, 5) is 16.6. The molecule has 0 aliphatic carbocycles. The van der Waals surface area contributed by atoms with Gasteiger partial charge in [-0.3, -0.25) is 4.79 Å². The molecule has 0 bridgehead atoms. The Hall–Kier alpha value is -2.07. The standard InChI is InChI=1S/C15H14N2OS.C2H6/c1-9-5-3-4-6-11(9)17-15(18)13-8-14-12(16-13)7-10(2)19-14;1-2/h3-8,16H,1-2H3,(H,17,18);1-2H3. The molecule has 0 atom stereocenters. The van der Waals surface area contributed by atoms with E-state index in [0.717, 1.165) is 21.5 Å². The number of aryl methyl sites for hydroxylation is 2. The molecular weight excluding hydrogens is 280 g/mol. The lowest BCUT2D eigenvalue weighted by atomic mass is 10.2. The smallest absolute Gasteiger partial charge is 0.272 e. The molecule has 2 N–H and O–H groups in total. The molecule has 3 rings (SSSR count). The van der Waals surface area contributed by atoms with Crippen molar-refractivity contribution in [3.05, 3.63) is 52.5 Å². The van der Waals surface area contributed by atoms with Gasteiger partial charge in [-0.15, -0.1) is 11.3 Å². The van der Waals surface area contributed by atoms with Gasteiger partial charge in [0, 0.05) is 10.6 Å². The maximum absolute atomic E-state index is 12.2. The molecule has 1 aromatic carbocycles. The molecule has 110 valence electrons. The van der Waals surface area contributed by atoms with Gasteiger partial charge < -0.3 is 10.3 Å². The van der Waals surface area contributed by atoms with Gasteiger partial charge in [-0.2, -0.15) is 0 Å². The highest BCUT2D eigenvalue weighted by molar-refractivity contribution is 7.19. The molecule has 1 amide bonds. The van der Waals surface area contributed by atoms with E-state index in [1.165, 1.54) is 4.88 Å². The lowest BCUT2D eigenvalue weighted by Gasteiger charge is -2.06. The number of H-pyrrole nitrogens is 1. The first-order valence-electron chi connectivity index (χ1n) is 7.09. The predicted molar refractivity (Wildman–Crippen MR) is 91.4 cm³/mol. The average Bonchev–Trinajstić information content (AvgIpc) is 3.01. The molecule has 0 spiro atoms. The Kier molecular flexibility index (Phi) is 4.81. The van der Waals surface area contributed by atoms with Gasteiger partial charge in [-0.1, -0.05) is 32.0 Å². The van der Waals surface area contributed by atoms with E-state index in [4.69, 9.17) is 0 Å². The molecule has 0 aliphatic heterocycles. The van der Waals surface area contributed by atoms with Crippen molar-refractivity contribution in [3.8, 4) is 0 Å². The second-order valence-corrected chi connectivity index (χ2v) is 5.87. The number of hydrogen-bond acceptors (Lipinski definition) is 2. The zero-order valence-corrected chi connectivity index (χ0v) is 13.6. The summed E-state index contributed by atoms with van der Waals surface area (Å²) in [6, 6.07) is 11.7. The molecule has 21 heavy (non-hydrogen) atoms. The van der Waals surface area contributed by atoms with Crippen molar-refractivity contribution in [1.29, 1.82) is 0 Å². The molecule has 2 aromatic heterocycles. The van der Waals surface area contributed by atoms with Gasteiger partial charge in [0.2, 0.25) is 0 Å². The normalized spacial score (nSPS) is 10.1. The fourth-order valence-corrected chi connectivity index (χ4v) is 2.99. The minimum absolute atomic E-state index is 0.102. The van der Waals surface area contributed by atoms with E-state index in [0.29, 0.717) is 5.69 Å². The third-order valence-electron chi connectivity index (χ3n) is 3.07. The molecule has 0 saturated heterocycles. The summed E-state index contributed by atoms with van der Waals surface area (Å²) in [5, 5.41) is 2.93. The van der Waals surface area contributed by atoms with Gasteiger partial charge in [0.05, 0.1) is 10.2 Å². The number of para-hydroxylation sites is 1. The first-order valence-corrected chi connectivity index (χ1v) is 7.91. The number of fused-ring (bicyclic) bond motifs is 1. The van der Waals surface area contributed by atoms with Crippen LogP contribution in [0.1, 0.15) is 34.8 Å². The Morgan fingerprint density at radius 2 is 1.86 bits per heavy atom. The van der Waals surface area contributed by atoms with Crippen molar-refractivity contribution in [2.75, 3.05) is 5.32 Å². The summed E-state index contributed by atoms with van der Waals surface area (Å²) in [7, 11) is 0. The zero-order chi connectivity index (χ0) is 15.4. The zero-order valence-electron chi connectivity index (χ0n) is 12.8. The monoisotopic (exact) mass is 300 g/mol. The number of rotatable bonds is 2. The lowest BCUT2D eigenvalue weighted by Crippen LogP contribution is -2.12. The predicted octanol–water partition coefficient (Wildman–Crippen LogP) is 5.12. The second kappa shape index (κ2) is 6.59. The molecule has 4 heteroatoms. The van der Waals surface area contributed by atoms with Crippen LogP contribution in [0.15, 0.2) is 36.4 Å². The fraction of sp³-hybridized carbons (Fsp3) is 0.235. The molecule has 0 saturated carbocycles. The van der Waals surface area contributed by atoms with Crippen molar-refractivity contribution in [3.63, 3.8) is 0 Å². The van der Waals surface area contributed by atoms with Crippen LogP contribution in [-0.2, 0) is 0 Å². The maximum atomic E-state index is 12.2. The number of nitrogens with one attached hydrogen (secondary N) is 2. The molecule has 2 heterocycles. The quantitative estimate of drug-likeness (QED) is 0.677. The van der Waals surface area contributed by atoms with E-state index in [1.54, 1.807) is 11.3 Å². The Bertz CT molecular complexity index is 724. The summed E-state index contributed by atoms with van der Waals surface area (Å²) in [6.07, 6.45) is 0. The molecule has 0 radical (unpaired) electrons. The average molecular weight is 300 g/mol. The number of amides is 1. The van der Waals surface area contributed by atoms with Crippen molar-refractivity contribution in [2.45, 2.75) is 27.7 Å².